The standard InChI is InChI=1S/C29H35N3O6S/c1-21-11-14-25(15-12-21)39(35,36)32(26-19-24(37-4)13-16-27(26)38-5)20-28(33)31(22(2)29(34)30-3)18-17-23-9-7-6-8-10-23/h6-16,19,22H,17-18,20H2,1-5H3,(H,30,34)/t22-/m1/s1. The highest BCUT2D eigenvalue weighted by Crippen LogP contribution is 2.36. The van der Waals surface area contributed by atoms with Gasteiger partial charge in [-0.05, 0) is 50.1 Å². The maximum absolute atomic E-state index is 14.0. The largest absolute Gasteiger partial charge is 0.497 e. The summed E-state index contributed by atoms with van der Waals surface area (Å²) in [5.74, 6) is -0.262. The number of carbonyl (C=O) groups excluding carboxylic acids is 2. The van der Waals surface area contributed by atoms with Gasteiger partial charge in [-0.1, -0.05) is 48.0 Å². The van der Waals surface area contributed by atoms with E-state index >= 15 is 0 Å². The number of hydrogen-bond donors (Lipinski definition) is 1. The summed E-state index contributed by atoms with van der Waals surface area (Å²) in [7, 11) is 0.153. The fraction of sp³-hybridized carbons (Fsp3) is 0.310. The molecule has 0 unspecified atom stereocenters. The Morgan fingerprint density at radius 1 is 0.949 bits per heavy atom. The van der Waals surface area contributed by atoms with Gasteiger partial charge in [-0.25, -0.2) is 8.42 Å². The average molecular weight is 554 g/mol. The summed E-state index contributed by atoms with van der Waals surface area (Å²) < 4.78 is 39.8. The fourth-order valence-electron chi connectivity index (χ4n) is 4.12. The molecule has 0 saturated heterocycles. The summed E-state index contributed by atoms with van der Waals surface area (Å²) in [6, 6.07) is 19.8. The number of benzene rings is 3. The number of likely N-dealkylation sites (N-methyl/N-ethyl adjacent to an activating group) is 1. The van der Waals surface area contributed by atoms with Gasteiger partial charge in [0, 0.05) is 19.7 Å². The zero-order valence-corrected chi connectivity index (χ0v) is 23.7. The van der Waals surface area contributed by atoms with E-state index in [0.717, 1.165) is 15.4 Å². The fourth-order valence-corrected chi connectivity index (χ4v) is 5.54. The summed E-state index contributed by atoms with van der Waals surface area (Å²) in [4.78, 5) is 27.9. The highest BCUT2D eigenvalue weighted by molar-refractivity contribution is 7.92. The molecule has 0 bridgehead atoms. The monoisotopic (exact) mass is 553 g/mol. The Balaban J connectivity index is 2.07. The third-order valence-corrected chi connectivity index (χ3v) is 8.21. The van der Waals surface area contributed by atoms with E-state index in [0.29, 0.717) is 12.2 Å². The van der Waals surface area contributed by atoms with Crippen LogP contribution >= 0.6 is 0 Å². The lowest BCUT2D eigenvalue weighted by Crippen LogP contribution is -2.51. The molecule has 1 atom stereocenters. The molecule has 0 heterocycles. The molecule has 0 aliphatic carbocycles. The molecular weight excluding hydrogens is 518 g/mol. The molecule has 2 amide bonds. The lowest BCUT2D eigenvalue weighted by Gasteiger charge is -2.32. The van der Waals surface area contributed by atoms with Gasteiger partial charge >= 0.3 is 0 Å². The number of sulfonamides is 1. The molecule has 10 heteroatoms. The topological polar surface area (TPSA) is 105 Å². The first kappa shape index (κ1) is 29.5. The van der Waals surface area contributed by atoms with Crippen LogP contribution in [0.4, 0.5) is 5.69 Å². The third kappa shape index (κ3) is 7.08. The van der Waals surface area contributed by atoms with Gasteiger partial charge in [0.25, 0.3) is 10.0 Å². The molecule has 3 aromatic rings. The first-order valence-electron chi connectivity index (χ1n) is 12.5. The van der Waals surface area contributed by atoms with Crippen LogP contribution in [-0.4, -0.2) is 65.5 Å². The number of nitrogens with zero attached hydrogens (tertiary/aromatic N) is 2. The van der Waals surface area contributed by atoms with Crippen LogP contribution in [0.1, 0.15) is 18.1 Å². The Labute approximate surface area is 230 Å². The minimum atomic E-state index is -4.23. The minimum absolute atomic E-state index is 0.0148. The zero-order valence-electron chi connectivity index (χ0n) is 22.9. The summed E-state index contributed by atoms with van der Waals surface area (Å²) in [6.07, 6.45) is 0.487. The van der Waals surface area contributed by atoms with Crippen LogP contribution in [0, 0.1) is 6.92 Å². The van der Waals surface area contributed by atoms with E-state index in [1.807, 2.05) is 37.3 Å². The second-order valence-corrected chi connectivity index (χ2v) is 10.8. The predicted molar refractivity (Wildman–Crippen MR) is 151 cm³/mol. The number of rotatable bonds is 12. The van der Waals surface area contributed by atoms with E-state index in [2.05, 4.69) is 5.32 Å². The first-order valence-corrected chi connectivity index (χ1v) is 13.9. The zero-order chi connectivity index (χ0) is 28.6. The van der Waals surface area contributed by atoms with Gasteiger partial charge in [0.1, 0.15) is 24.1 Å². The van der Waals surface area contributed by atoms with Crippen molar-refractivity contribution in [2.45, 2.75) is 31.2 Å². The quantitative estimate of drug-likeness (QED) is 0.369. The number of hydrogen-bond acceptors (Lipinski definition) is 6. The summed E-state index contributed by atoms with van der Waals surface area (Å²) in [6.45, 7) is 3.13. The Bertz CT molecular complexity index is 1380. The van der Waals surface area contributed by atoms with Crippen molar-refractivity contribution < 1.29 is 27.5 Å². The number of anilines is 1. The molecule has 3 aromatic carbocycles. The molecule has 0 aliphatic rings. The third-order valence-electron chi connectivity index (χ3n) is 6.44. The number of nitrogens with one attached hydrogen (secondary N) is 1. The molecule has 0 spiro atoms. The number of methoxy groups -OCH3 is 2. The first-order chi connectivity index (χ1) is 18.6. The average Bonchev–Trinajstić information content (AvgIpc) is 2.95. The smallest absolute Gasteiger partial charge is 0.264 e. The Morgan fingerprint density at radius 3 is 2.21 bits per heavy atom. The molecule has 1 N–H and O–H groups in total. The molecule has 0 aliphatic heterocycles. The minimum Gasteiger partial charge on any atom is -0.497 e. The van der Waals surface area contributed by atoms with Crippen LogP contribution in [0.3, 0.4) is 0 Å². The molecule has 0 aromatic heterocycles. The number of ether oxygens (including phenoxy) is 2. The van der Waals surface area contributed by atoms with Crippen molar-refractivity contribution in [1.82, 2.24) is 10.2 Å². The van der Waals surface area contributed by atoms with E-state index in [-0.39, 0.29) is 28.8 Å². The number of carbonyl (C=O) groups is 2. The normalized spacial score (nSPS) is 11.8. The van der Waals surface area contributed by atoms with Gasteiger partial charge in [0.05, 0.1) is 24.8 Å². The van der Waals surface area contributed by atoms with Crippen LogP contribution in [0.15, 0.2) is 77.7 Å². The number of amides is 2. The van der Waals surface area contributed by atoms with Gasteiger partial charge < -0.3 is 19.7 Å². The van der Waals surface area contributed by atoms with E-state index < -0.39 is 28.5 Å². The van der Waals surface area contributed by atoms with Crippen molar-refractivity contribution in [3.63, 3.8) is 0 Å². The van der Waals surface area contributed by atoms with Crippen LogP contribution < -0.4 is 19.1 Å². The van der Waals surface area contributed by atoms with E-state index in [1.165, 1.54) is 44.4 Å². The van der Waals surface area contributed by atoms with Crippen molar-refractivity contribution >= 4 is 27.5 Å². The molecule has 39 heavy (non-hydrogen) atoms. The second-order valence-electron chi connectivity index (χ2n) is 8.98. The molecule has 208 valence electrons. The van der Waals surface area contributed by atoms with E-state index in [9.17, 15) is 18.0 Å². The van der Waals surface area contributed by atoms with Gasteiger partial charge in [-0.15, -0.1) is 0 Å². The van der Waals surface area contributed by atoms with Crippen LogP contribution in [-0.2, 0) is 26.0 Å². The lowest BCUT2D eigenvalue weighted by molar-refractivity contribution is -0.138. The van der Waals surface area contributed by atoms with Crippen molar-refractivity contribution in [2.24, 2.45) is 0 Å². The van der Waals surface area contributed by atoms with Gasteiger partial charge in [0.2, 0.25) is 11.8 Å². The van der Waals surface area contributed by atoms with Crippen molar-refractivity contribution in [2.75, 3.05) is 38.7 Å². The Morgan fingerprint density at radius 2 is 1.62 bits per heavy atom. The summed E-state index contributed by atoms with van der Waals surface area (Å²) in [5, 5.41) is 2.58. The Hall–Kier alpha value is -4.05. The summed E-state index contributed by atoms with van der Waals surface area (Å²) in [5.41, 5.74) is 2.02. The summed E-state index contributed by atoms with van der Waals surface area (Å²) >= 11 is 0. The predicted octanol–water partition coefficient (Wildman–Crippen LogP) is 3.41. The van der Waals surface area contributed by atoms with Crippen molar-refractivity contribution in [1.29, 1.82) is 0 Å². The molecule has 0 fully saturated rings. The molecule has 0 saturated carbocycles. The van der Waals surface area contributed by atoms with Crippen LogP contribution in [0.25, 0.3) is 0 Å². The SMILES string of the molecule is CNC(=O)[C@@H](C)N(CCc1ccccc1)C(=O)CN(c1cc(OC)ccc1OC)S(=O)(=O)c1ccc(C)cc1. The molecular formula is C29H35N3O6S. The molecule has 3 rings (SSSR count). The van der Waals surface area contributed by atoms with E-state index in [1.54, 1.807) is 31.2 Å². The van der Waals surface area contributed by atoms with Crippen LogP contribution in [0.5, 0.6) is 11.5 Å². The van der Waals surface area contributed by atoms with Crippen LogP contribution in [0.2, 0.25) is 0 Å². The molecule has 0 radical (unpaired) electrons. The lowest BCUT2D eigenvalue weighted by atomic mass is 10.1. The van der Waals surface area contributed by atoms with Crippen molar-refractivity contribution in [3.8, 4) is 11.5 Å². The van der Waals surface area contributed by atoms with Crippen molar-refractivity contribution in [3.05, 3.63) is 83.9 Å². The Kier molecular flexibility index (Phi) is 9.95. The second kappa shape index (κ2) is 13.1. The molecule has 9 nitrogen and oxygen atoms in total. The maximum Gasteiger partial charge on any atom is 0.264 e. The highest BCUT2D eigenvalue weighted by atomic mass is 32.2. The maximum atomic E-state index is 14.0. The van der Waals surface area contributed by atoms with E-state index in [4.69, 9.17) is 9.47 Å². The van der Waals surface area contributed by atoms with Gasteiger partial charge in [-0.2, -0.15) is 0 Å². The van der Waals surface area contributed by atoms with Gasteiger partial charge in [0.15, 0.2) is 0 Å². The number of aryl methyl sites for hydroxylation is 1. The van der Waals surface area contributed by atoms with Gasteiger partial charge in [-0.3, -0.25) is 13.9 Å². The highest BCUT2D eigenvalue weighted by Gasteiger charge is 2.33.